The standard InChI is InChI=1S/C22H21N5O2/c28-22(24-13-15-5-10-20-23-11-12-27(20)14-15)25-17-8-6-16(7-9-17)21-26-18-3-1-2-4-19(18)29-21/h1-4,6-9,11-12,15H,5,10,13-14H2,(H2,24,25,28). The zero-order valence-electron chi connectivity index (χ0n) is 15.8. The molecule has 0 aliphatic carbocycles. The normalized spacial score (nSPS) is 15.8. The molecule has 0 fully saturated rings. The second-order valence-corrected chi connectivity index (χ2v) is 7.30. The van der Waals surface area contributed by atoms with Gasteiger partial charge in [0, 0.05) is 43.2 Å². The molecule has 1 unspecified atom stereocenters. The van der Waals surface area contributed by atoms with Crippen molar-refractivity contribution in [3.63, 3.8) is 0 Å². The minimum atomic E-state index is -0.198. The summed E-state index contributed by atoms with van der Waals surface area (Å²) in [6.07, 6.45) is 5.83. The van der Waals surface area contributed by atoms with Gasteiger partial charge in [-0.15, -0.1) is 0 Å². The highest BCUT2D eigenvalue weighted by molar-refractivity contribution is 5.89. The summed E-state index contributed by atoms with van der Waals surface area (Å²) in [6.45, 7) is 1.54. The van der Waals surface area contributed by atoms with Gasteiger partial charge in [-0.05, 0) is 48.7 Å². The lowest BCUT2D eigenvalue weighted by atomic mass is 9.99. The van der Waals surface area contributed by atoms with E-state index in [0.717, 1.165) is 47.6 Å². The first-order valence-corrected chi connectivity index (χ1v) is 9.75. The third kappa shape index (κ3) is 3.71. The lowest BCUT2D eigenvalue weighted by Gasteiger charge is -2.24. The largest absolute Gasteiger partial charge is 0.436 e. The van der Waals surface area contributed by atoms with Crippen LogP contribution in [0.1, 0.15) is 12.2 Å². The highest BCUT2D eigenvalue weighted by Gasteiger charge is 2.19. The molecular weight excluding hydrogens is 366 g/mol. The third-order valence-corrected chi connectivity index (χ3v) is 5.27. The molecule has 5 rings (SSSR count). The van der Waals surface area contributed by atoms with Gasteiger partial charge in [-0.1, -0.05) is 12.1 Å². The maximum absolute atomic E-state index is 12.3. The van der Waals surface area contributed by atoms with Gasteiger partial charge in [-0.3, -0.25) is 0 Å². The van der Waals surface area contributed by atoms with E-state index in [2.05, 4.69) is 25.2 Å². The van der Waals surface area contributed by atoms with Crippen LogP contribution in [0.15, 0.2) is 65.3 Å². The van der Waals surface area contributed by atoms with Crippen molar-refractivity contribution in [2.75, 3.05) is 11.9 Å². The Hall–Kier alpha value is -3.61. The molecule has 29 heavy (non-hydrogen) atoms. The van der Waals surface area contributed by atoms with E-state index < -0.39 is 0 Å². The van der Waals surface area contributed by atoms with Crippen LogP contribution in [0.25, 0.3) is 22.6 Å². The molecule has 0 saturated heterocycles. The Labute approximate surface area is 167 Å². The fraction of sp³-hybridized carbons (Fsp3) is 0.227. The molecule has 4 aromatic rings. The van der Waals surface area contributed by atoms with Gasteiger partial charge < -0.3 is 19.6 Å². The SMILES string of the molecule is O=C(NCC1CCc2nccn2C1)Nc1ccc(-c2nc3ccccc3o2)cc1. The lowest BCUT2D eigenvalue weighted by molar-refractivity contribution is 0.247. The summed E-state index contributed by atoms with van der Waals surface area (Å²) in [6, 6.07) is 15.0. The van der Waals surface area contributed by atoms with Gasteiger partial charge in [0.1, 0.15) is 11.3 Å². The number of hydrogen-bond donors (Lipinski definition) is 2. The van der Waals surface area contributed by atoms with Crippen molar-refractivity contribution < 1.29 is 9.21 Å². The third-order valence-electron chi connectivity index (χ3n) is 5.27. The van der Waals surface area contributed by atoms with Crippen LogP contribution >= 0.6 is 0 Å². The van der Waals surface area contributed by atoms with Gasteiger partial charge in [0.2, 0.25) is 5.89 Å². The Morgan fingerprint density at radius 3 is 2.90 bits per heavy atom. The summed E-state index contributed by atoms with van der Waals surface area (Å²) < 4.78 is 7.95. The number of urea groups is 1. The number of carbonyl (C=O) groups excluding carboxylic acids is 1. The van der Waals surface area contributed by atoms with Crippen LogP contribution in [-0.4, -0.2) is 27.1 Å². The van der Waals surface area contributed by atoms with Gasteiger partial charge in [0.15, 0.2) is 5.58 Å². The molecule has 0 radical (unpaired) electrons. The Morgan fingerprint density at radius 1 is 1.17 bits per heavy atom. The lowest BCUT2D eigenvalue weighted by Crippen LogP contribution is -2.36. The smallest absolute Gasteiger partial charge is 0.319 e. The Balaban J connectivity index is 1.17. The Morgan fingerprint density at radius 2 is 2.03 bits per heavy atom. The highest BCUT2D eigenvalue weighted by atomic mass is 16.3. The monoisotopic (exact) mass is 387 g/mol. The summed E-state index contributed by atoms with van der Waals surface area (Å²) in [4.78, 5) is 21.1. The fourth-order valence-electron chi connectivity index (χ4n) is 3.71. The average Bonchev–Trinajstić information content (AvgIpc) is 3.39. The predicted octanol–water partition coefficient (Wildman–Crippen LogP) is 4.08. The first-order valence-electron chi connectivity index (χ1n) is 9.75. The van der Waals surface area contributed by atoms with E-state index in [9.17, 15) is 4.79 Å². The van der Waals surface area contributed by atoms with E-state index in [1.807, 2.05) is 60.9 Å². The molecular formula is C22H21N5O2. The van der Waals surface area contributed by atoms with Gasteiger partial charge in [-0.2, -0.15) is 0 Å². The summed E-state index contributed by atoms with van der Waals surface area (Å²) in [5.74, 6) is 2.12. The molecule has 146 valence electrons. The zero-order chi connectivity index (χ0) is 19.6. The molecule has 2 amide bonds. The molecule has 1 atom stereocenters. The van der Waals surface area contributed by atoms with Gasteiger partial charge in [-0.25, -0.2) is 14.8 Å². The molecule has 2 aromatic heterocycles. The number of aryl methyl sites for hydroxylation is 1. The van der Waals surface area contributed by atoms with E-state index in [1.165, 1.54) is 0 Å². The van der Waals surface area contributed by atoms with Gasteiger partial charge in [0.05, 0.1) is 0 Å². The van der Waals surface area contributed by atoms with E-state index in [4.69, 9.17) is 4.42 Å². The van der Waals surface area contributed by atoms with E-state index in [1.54, 1.807) is 0 Å². The number of oxazole rings is 1. The van der Waals surface area contributed by atoms with Crippen molar-refractivity contribution in [1.82, 2.24) is 19.9 Å². The maximum Gasteiger partial charge on any atom is 0.319 e. The molecule has 0 saturated carbocycles. The maximum atomic E-state index is 12.3. The topological polar surface area (TPSA) is 85.0 Å². The summed E-state index contributed by atoms with van der Waals surface area (Å²) in [7, 11) is 0. The molecule has 7 heteroatoms. The minimum Gasteiger partial charge on any atom is -0.436 e. The zero-order valence-corrected chi connectivity index (χ0v) is 15.8. The Kier molecular flexibility index (Phi) is 4.48. The van der Waals surface area contributed by atoms with Gasteiger partial charge >= 0.3 is 6.03 Å². The van der Waals surface area contributed by atoms with E-state index in [0.29, 0.717) is 18.4 Å². The van der Waals surface area contributed by atoms with Crippen LogP contribution in [0.3, 0.4) is 0 Å². The number of carbonyl (C=O) groups is 1. The number of benzene rings is 2. The van der Waals surface area contributed by atoms with Crippen LogP contribution in [0.5, 0.6) is 0 Å². The second-order valence-electron chi connectivity index (χ2n) is 7.30. The summed E-state index contributed by atoms with van der Waals surface area (Å²) in [5.41, 5.74) is 3.18. The quantitative estimate of drug-likeness (QED) is 0.553. The number of nitrogens with one attached hydrogen (secondary N) is 2. The van der Waals surface area contributed by atoms with Gasteiger partial charge in [0.25, 0.3) is 0 Å². The first kappa shape index (κ1) is 17.5. The number of imidazole rings is 1. The van der Waals surface area contributed by atoms with Crippen LogP contribution in [0, 0.1) is 5.92 Å². The Bertz CT molecular complexity index is 1110. The summed E-state index contributed by atoms with van der Waals surface area (Å²) >= 11 is 0. The number of fused-ring (bicyclic) bond motifs is 2. The van der Waals surface area contributed by atoms with Crippen LogP contribution in [0.4, 0.5) is 10.5 Å². The number of para-hydroxylation sites is 2. The molecule has 0 spiro atoms. The number of anilines is 1. The molecule has 3 heterocycles. The number of nitrogens with zero attached hydrogens (tertiary/aromatic N) is 3. The molecule has 1 aliphatic rings. The van der Waals surface area contributed by atoms with Crippen molar-refractivity contribution in [2.24, 2.45) is 5.92 Å². The van der Waals surface area contributed by atoms with E-state index in [-0.39, 0.29) is 6.03 Å². The van der Waals surface area contributed by atoms with Crippen molar-refractivity contribution in [3.05, 3.63) is 66.7 Å². The highest BCUT2D eigenvalue weighted by Crippen LogP contribution is 2.25. The molecule has 2 aromatic carbocycles. The molecule has 1 aliphatic heterocycles. The van der Waals surface area contributed by atoms with Crippen molar-refractivity contribution in [2.45, 2.75) is 19.4 Å². The number of aromatic nitrogens is 3. The molecule has 0 bridgehead atoms. The van der Waals surface area contributed by atoms with Crippen molar-refractivity contribution in [1.29, 1.82) is 0 Å². The molecule has 2 N–H and O–H groups in total. The van der Waals surface area contributed by atoms with Crippen LogP contribution in [-0.2, 0) is 13.0 Å². The van der Waals surface area contributed by atoms with Crippen LogP contribution < -0.4 is 10.6 Å². The average molecular weight is 387 g/mol. The van der Waals surface area contributed by atoms with Crippen molar-refractivity contribution in [3.8, 4) is 11.5 Å². The first-order chi connectivity index (χ1) is 14.2. The minimum absolute atomic E-state index is 0.198. The number of rotatable bonds is 4. The predicted molar refractivity (Wildman–Crippen MR) is 111 cm³/mol. The van der Waals surface area contributed by atoms with Crippen molar-refractivity contribution >= 4 is 22.8 Å². The molecule has 7 nitrogen and oxygen atoms in total. The number of hydrogen-bond acceptors (Lipinski definition) is 4. The second kappa shape index (κ2) is 7.43. The van der Waals surface area contributed by atoms with E-state index >= 15 is 0 Å². The number of amides is 2. The summed E-state index contributed by atoms with van der Waals surface area (Å²) in [5, 5.41) is 5.85. The fourth-order valence-corrected chi connectivity index (χ4v) is 3.71. The van der Waals surface area contributed by atoms with Crippen LogP contribution in [0.2, 0.25) is 0 Å².